The van der Waals surface area contributed by atoms with Gasteiger partial charge in [0.05, 0.1) is 12.0 Å². The number of nitriles is 1. The fourth-order valence-corrected chi connectivity index (χ4v) is 4.72. The van der Waals surface area contributed by atoms with Gasteiger partial charge in [0.25, 0.3) is 11.5 Å². The molecular weight excluding hydrogens is 476 g/mol. The van der Waals surface area contributed by atoms with Crippen molar-refractivity contribution in [2.45, 2.75) is 26.9 Å². The van der Waals surface area contributed by atoms with E-state index < -0.39 is 24.0 Å². The number of aromatic nitrogens is 1. The average molecular weight is 499 g/mol. The maximum atomic E-state index is 12.9. The number of thioether (sulfide) groups is 1. The average Bonchev–Trinajstić information content (AvgIpc) is 3.07. The van der Waals surface area contributed by atoms with Gasteiger partial charge < -0.3 is 15.2 Å². The first kappa shape index (κ1) is 25.0. The molecule has 34 heavy (non-hydrogen) atoms. The van der Waals surface area contributed by atoms with Gasteiger partial charge >= 0.3 is 5.97 Å². The van der Waals surface area contributed by atoms with Gasteiger partial charge in [-0.1, -0.05) is 36.1 Å². The van der Waals surface area contributed by atoms with E-state index in [0.717, 1.165) is 22.2 Å². The van der Waals surface area contributed by atoms with Crippen molar-refractivity contribution in [1.29, 1.82) is 5.26 Å². The first-order valence-corrected chi connectivity index (χ1v) is 11.5. The van der Waals surface area contributed by atoms with Crippen molar-refractivity contribution >= 4 is 52.1 Å². The summed E-state index contributed by atoms with van der Waals surface area (Å²) in [5.74, 6) is -0.552. The summed E-state index contributed by atoms with van der Waals surface area (Å²) < 4.78 is 6.76. The molecule has 0 atom stereocenters. The number of thiocarbonyl (C=S) groups is 1. The summed E-state index contributed by atoms with van der Waals surface area (Å²) in [6.45, 7) is 3.55. The third-order valence-electron chi connectivity index (χ3n) is 5.25. The molecule has 2 N–H and O–H groups in total. The zero-order valence-electron chi connectivity index (χ0n) is 18.7. The van der Waals surface area contributed by atoms with E-state index in [-0.39, 0.29) is 14.8 Å². The molecule has 1 aliphatic rings. The number of pyridine rings is 1. The van der Waals surface area contributed by atoms with Crippen LogP contribution in [0.4, 0.5) is 5.82 Å². The van der Waals surface area contributed by atoms with E-state index in [1.165, 1.54) is 4.57 Å². The predicted molar refractivity (Wildman–Crippen MR) is 134 cm³/mol. The molecular formula is C23H22N4O5S2. The minimum absolute atomic E-state index is 0.0240. The third kappa shape index (κ3) is 4.98. The zero-order chi connectivity index (χ0) is 25.0. The molecule has 1 saturated heterocycles. The van der Waals surface area contributed by atoms with Crippen LogP contribution in [-0.4, -0.2) is 44.4 Å². The molecule has 1 aromatic carbocycles. The topological polar surface area (TPSA) is 125 Å². The van der Waals surface area contributed by atoms with Gasteiger partial charge in [0.15, 0.2) is 0 Å². The smallest absolute Gasteiger partial charge is 0.323 e. The number of carboxylic acid groups (broad SMARTS) is 1. The molecule has 11 heteroatoms. The maximum absolute atomic E-state index is 12.9. The number of aliphatic carboxylic acids is 1. The van der Waals surface area contributed by atoms with Crippen molar-refractivity contribution < 1.29 is 19.4 Å². The van der Waals surface area contributed by atoms with E-state index in [4.69, 9.17) is 22.1 Å². The van der Waals surface area contributed by atoms with E-state index >= 15 is 0 Å². The van der Waals surface area contributed by atoms with Gasteiger partial charge in [0.1, 0.15) is 34.1 Å². The summed E-state index contributed by atoms with van der Waals surface area (Å²) in [6, 6.07) is 9.37. The fourth-order valence-electron chi connectivity index (χ4n) is 3.49. The largest absolute Gasteiger partial charge is 0.497 e. The Kier molecular flexibility index (Phi) is 7.75. The summed E-state index contributed by atoms with van der Waals surface area (Å²) >= 11 is 6.16. The number of benzene rings is 1. The number of methoxy groups -OCH3 is 1. The molecule has 0 radical (unpaired) electrons. The minimum Gasteiger partial charge on any atom is -0.497 e. The van der Waals surface area contributed by atoms with Crippen LogP contribution in [0.1, 0.15) is 29.2 Å². The number of anilines is 1. The quantitative estimate of drug-likeness (QED) is 0.417. The van der Waals surface area contributed by atoms with Crippen molar-refractivity contribution in [3.05, 3.63) is 61.8 Å². The molecule has 176 valence electrons. The van der Waals surface area contributed by atoms with Crippen molar-refractivity contribution in [1.82, 2.24) is 9.47 Å². The van der Waals surface area contributed by atoms with Gasteiger partial charge in [-0.05, 0) is 43.2 Å². The van der Waals surface area contributed by atoms with Crippen LogP contribution in [0.3, 0.4) is 0 Å². The van der Waals surface area contributed by atoms with Gasteiger partial charge in [-0.3, -0.25) is 23.9 Å². The van der Waals surface area contributed by atoms with Gasteiger partial charge in [0, 0.05) is 18.7 Å². The molecule has 2 aromatic rings. The van der Waals surface area contributed by atoms with Crippen LogP contribution in [0.2, 0.25) is 0 Å². The Labute approximate surface area is 205 Å². The van der Waals surface area contributed by atoms with Gasteiger partial charge in [-0.25, -0.2) is 0 Å². The van der Waals surface area contributed by atoms with Crippen molar-refractivity contribution in [3.8, 4) is 11.8 Å². The number of carbonyl (C=O) groups excluding carboxylic acids is 1. The number of hydrogen-bond donors (Lipinski definition) is 2. The summed E-state index contributed by atoms with van der Waals surface area (Å²) in [7, 11) is 1.58. The lowest BCUT2D eigenvalue weighted by atomic mass is 10.0. The Morgan fingerprint density at radius 2 is 2.00 bits per heavy atom. The number of rotatable bonds is 8. The monoisotopic (exact) mass is 498 g/mol. The normalized spacial score (nSPS) is 14.4. The lowest BCUT2D eigenvalue weighted by Crippen LogP contribution is -2.33. The second-order valence-electron chi connectivity index (χ2n) is 7.29. The molecule has 0 unspecified atom stereocenters. The van der Waals surface area contributed by atoms with Crippen LogP contribution < -0.4 is 15.6 Å². The standard InChI is InChI=1S/C23H22N4O5S2/c1-4-26-20(25-11-14-5-7-15(32-3)8-6-14)16(13(2)17(10-24)21(26)30)9-18-22(31)27(12-19(28)29)23(33)34-18/h5-9,25H,4,11-12H2,1-3H3,(H,28,29)/b18-9+. The Morgan fingerprint density at radius 3 is 2.56 bits per heavy atom. The lowest BCUT2D eigenvalue weighted by molar-refractivity contribution is -0.140. The number of hydrogen-bond acceptors (Lipinski definition) is 8. The number of nitrogens with zero attached hydrogens (tertiary/aromatic N) is 3. The maximum Gasteiger partial charge on any atom is 0.323 e. The highest BCUT2D eigenvalue weighted by Crippen LogP contribution is 2.35. The lowest BCUT2D eigenvalue weighted by Gasteiger charge is -2.19. The van der Waals surface area contributed by atoms with E-state index in [0.29, 0.717) is 35.8 Å². The molecule has 9 nitrogen and oxygen atoms in total. The highest BCUT2D eigenvalue weighted by atomic mass is 32.2. The summed E-state index contributed by atoms with van der Waals surface area (Å²) in [4.78, 5) is 38.1. The van der Waals surface area contributed by atoms with Crippen molar-refractivity contribution in [2.75, 3.05) is 19.0 Å². The number of carboxylic acids is 1. The summed E-state index contributed by atoms with van der Waals surface area (Å²) in [6.07, 6.45) is 1.55. The molecule has 2 heterocycles. The Hall–Kier alpha value is -3.62. The number of amides is 1. The molecule has 0 spiro atoms. The van der Waals surface area contributed by atoms with Crippen LogP contribution in [0.5, 0.6) is 5.75 Å². The number of carbonyl (C=O) groups is 2. The molecule has 1 aliphatic heterocycles. The summed E-state index contributed by atoms with van der Waals surface area (Å²) in [5, 5.41) is 22.0. The minimum atomic E-state index is -1.18. The van der Waals surface area contributed by atoms with Gasteiger partial charge in [-0.15, -0.1) is 0 Å². The van der Waals surface area contributed by atoms with E-state index in [1.54, 1.807) is 27.0 Å². The van der Waals surface area contributed by atoms with E-state index in [1.807, 2.05) is 30.3 Å². The summed E-state index contributed by atoms with van der Waals surface area (Å²) in [5.41, 5.74) is 1.37. The fraction of sp³-hybridized carbons (Fsp3) is 0.261. The Balaban J connectivity index is 2.09. The van der Waals surface area contributed by atoms with Gasteiger partial charge in [0.2, 0.25) is 0 Å². The Morgan fingerprint density at radius 1 is 1.32 bits per heavy atom. The molecule has 3 rings (SSSR count). The highest BCUT2D eigenvalue weighted by molar-refractivity contribution is 8.26. The highest BCUT2D eigenvalue weighted by Gasteiger charge is 2.34. The Bertz CT molecular complexity index is 1290. The molecule has 1 fully saturated rings. The molecule has 0 bridgehead atoms. The third-order valence-corrected chi connectivity index (χ3v) is 6.63. The predicted octanol–water partition coefficient (Wildman–Crippen LogP) is 2.95. The van der Waals surface area contributed by atoms with Crippen LogP contribution in [0.15, 0.2) is 34.0 Å². The van der Waals surface area contributed by atoms with Crippen molar-refractivity contribution in [3.63, 3.8) is 0 Å². The first-order valence-electron chi connectivity index (χ1n) is 10.2. The molecule has 0 saturated carbocycles. The molecule has 1 aromatic heterocycles. The number of ether oxygens (including phenoxy) is 1. The molecule has 0 aliphatic carbocycles. The van der Waals surface area contributed by atoms with E-state index in [2.05, 4.69) is 5.32 Å². The SMILES string of the molecule is CCn1c(NCc2ccc(OC)cc2)c(/C=C2/SC(=S)N(CC(=O)O)C2=O)c(C)c(C#N)c1=O. The number of nitrogens with one attached hydrogen (secondary N) is 1. The van der Waals surface area contributed by atoms with Crippen molar-refractivity contribution in [2.24, 2.45) is 0 Å². The molecule has 1 amide bonds. The van der Waals surface area contributed by atoms with E-state index in [9.17, 15) is 19.6 Å². The van der Waals surface area contributed by atoms with Crippen LogP contribution in [-0.2, 0) is 22.7 Å². The van der Waals surface area contributed by atoms with Crippen LogP contribution in [0, 0.1) is 18.3 Å². The second-order valence-corrected chi connectivity index (χ2v) is 8.96. The first-order chi connectivity index (χ1) is 16.2. The zero-order valence-corrected chi connectivity index (χ0v) is 20.4. The van der Waals surface area contributed by atoms with Gasteiger partial charge in [-0.2, -0.15) is 5.26 Å². The second kappa shape index (κ2) is 10.5. The van der Waals surface area contributed by atoms with Crippen LogP contribution >= 0.6 is 24.0 Å². The van der Waals surface area contributed by atoms with Crippen LogP contribution in [0.25, 0.3) is 6.08 Å².